The number of nitrogens with one attached hydrogen (secondary N) is 1. The van der Waals surface area contributed by atoms with Crippen LogP contribution in [0.1, 0.15) is 12.0 Å². The fourth-order valence-electron chi connectivity index (χ4n) is 2.10. The molecule has 1 fully saturated rings. The molecule has 1 unspecified atom stereocenters. The fraction of sp³-hybridized carbons (Fsp3) is 0.455. The van der Waals surface area contributed by atoms with Gasteiger partial charge in [-0.05, 0) is 36.7 Å². The Morgan fingerprint density at radius 1 is 1.53 bits per heavy atom. The Labute approximate surface area is 103 Å². The molecule has 1 heterocycles. The molecule has 0 spiro atoms. The average Bonchev–Trinajstić information content (AvgIpc) is 2.71. The summed E-state index contributed by atoms with van der Waals surface area (Å²) in [7, 11) is 0. The van der Waals surface area contributed by atoms with Crippen LogP contribution in [0, 0.1) is 0 Å². The summed E-state index contributed by atoms with van der Waals surface area (Å²) < 4.78 is 1.02. The Balaban J connectivity index is 2.46. The van der Waals surface area contributed by atoms with E-state index in [1.54, 1.807) is 0 Å². The lowest BCUT2D eigenvalue weighted by Gasteiger charge is -2.27. The van der Waals surface area contributed by atoms with Crippen LogP contribution in [0.15, 0.2) is 22.7 Å². The predicted molar refractivity (Wildman–Crippen MR) is 65.4 cm³/mol. The normalized spacial score (nSPS) is 25.8. The first-order valence-electron chi connectivity index (χ1n) is 4.95. The highest BCUT2D eigenvalue weighted by molar-refractivity contribution is 9.10. The summed E-state index contributed by atoms with van der Waals surface area (Å²) in [4.78, 5) is 0. The molecule has 0 amide bonds. The molecule has 0 bridgehead atoms. The maximum absolute atomic E-state index is 9.58. The zero-order chi connectivity index (χ0) is 10.9. The SMILES string of the molecule is OCC1(c2cc(Cl)ccc2Br)CCNC1. The van der Waals surface area contributed by atoms with Crippen LogP contribution >= 0.6 is 27.5 Å². The first kappa shape index (κ1) is 11.4. The van der Waals surface area contributed by atoms with E-state index >= 15 is 0 Å². The van der Waals surface area contributed by atoms with E-state index in [1.807, 2.05) is 18.2 Å². The van der Waals surface area contributed by atoms with Gasteiger partial charge in [0, 0.05) is 21.5 Å². The first-order valence-corrected chi connectivity index (χ1v) is 6.12. The zero-order valence-corrected chi connectivity index (χ0v) is 10.6. The van der Waals surface area contributed by atoms with Gasteiger partial charge in [-0.15, -0.1) is 0 Å². The molecule has 0 saturated carbocycles. The fourth-order valence-corrected chi connectivity index (χ4v) is 2.94. The molecule has 0 radical (unpaired) electrons. The number of aliphatic hydroxyl groups excluding tert-OH is 1. The van der Waals surface area contributed by atoms with E-state index in [1.165, 1.54) is 0 Å². The second kappa shape index (κ2) is 4.42. The second-order valence-corrected chi connectivity index (χ2v) is 5.28. The van der Waals surface area contributed by atoms with Crippen molar-refractivity contribution in [3.8, 4) is 0 Å². The monoisotopic (exact) mass is 289 g/mol. The molecule has 4 heteroatoms. The smallest absolute Gasteiger partial charge is 0.0541 e. The molecule has 82 valence electrons. The topological polar surface area (TPSA) is 32.3 Å². The van der Waals surface area contributed by atoms with Gasteiger partial charge < -0.3 is 10.4 Å². The third-order valence-corrected chi connectivity index (χ3v) is 3.97. The van der Waals surface area contributed by atoms with Gasteiger partial charge in [-0.2, -0.15) is 0 Å². The van der Waals surface area contributed by atoms with Crippen LogP contribution in [-0.4, -0.2) is 24.8 Å². The van der Waals surface area contributed by atoms with E-state index in [-0.39, 0.29) is 12.0 Å². The minimum absolute atomic E-state index is 0.152. The molecular formula is C11H13BrClNO. The van der Waals surface area contributed by atoms with E-state index in [2.05, 4.69) is 21.2 Å². The van der Waals surface area contributed by atoms with Gasteiger partial charge in [0.2, 0.25) is 0 Å². The van der Waals surface area contributed by atoms with Crippen LogP contribution in [0.4, 0.5) is 0 Å². The number of rotatable bonds is 2. The van der Waals surface area contributed by atoms with E-state index in [4.69, 9.17) is 11.6 Å². The minimum Gasteiger partial charge on any atom is -0.395 e. The summed E-state index contributed by atoms with van der Waals surface area (Å²) in [6, 6.07) is 5.73. The lowest BCUT2D eigenvalue weighted by atomic mass is 9.80. The first-order chi connectivity index (χ1) is 7.18. The van der Waals surface area contributed by atoms with E-state index in [0.29, 0.717) is 5.02 Å². The van der Waals surface area contributed by atoms with Crippen molar-refractivity contribution in [2.75, 3.05) is 19.7 Å². The standard InChI is InChI=1S/C11H13BrClNO/c12-10-2-1-8(13)5-9(10)11(7-15)3-4-14-6-11/h1-2,5,14-15H,3-4,6-7H2. The molecule has 1 atom stereocenters. The molecule has 0 aliphatic carbocycles. The van der Waals surface area contributed by atoms with Crippen molar-refractivity contribution in [1.82, 2.24) is 5.32 Å². The van der Waals surface area contributed by atoms with Gasteiger partial charge in [-0.25, -0.2) is 0 Å². The maximum atomic E-state index is 9.58. The number of aliphatic hydroxyl groups is 1. The zero-order valence-electron chi connectivity index (χ0n) is 8.26. The van der Waals surface area contributed by atoms with Gasteiger partial charge in [-0.1, -0.05) is 27.5 Å². The maximum Gasteiger partial charge on any atom is 0.0541 e. The molecule has 1 saturated heterocycles. The molecule has 15 heavy (non-hydrogen) atoms. The number of hydrogen-bond donors (Lipinski definition) is 2. The van der Waals surface area contributed by atoms with Crippen molar-refractivity contribution >= 4 is 27.5 Å². The van der Waals surface area contributed by atoms with Crippen LogP contribution < -0.4 is 5.32 Å². The van der Waals surface area contributed by atoms with Gasteiger partial charge in [-0.3, -0.25) is 0 Å². The predicted octanol–water partition coefficient (Wildman–Crippen LogP) is 2.33. The number of benzene rings is 1. The lowest BCUT2D eigenvalue weighted by molar-refractivity contribution is 0.205. The molecule has 0 aromatic heterocycles. The van der Waals surface area contributed by atoms with Crippen LogP contribution in [0.25, 0.3) is 0 Å². The van der Waals surface area contributed by atoms with Gasteiger partial charge in [0.25, 0.3) is 0 Å². The third-order valence-electron chi connectivity index (χ3n) is 3.05. The lowest BCUT2D eigenvalue weighted by Crippen LogP contribution is -2.33. The third kappa shape index (κ3) is 2.07. The Hall–Kier alpha value is -0.0900. The summed E-state index contributed by atoms with van der Waals surface area (Å²) >= 11 is 9.51. The van der Waals surface area contributed by atoms with Gasteiger partial charge in [0.1, 0.15) is 0 Å². The Morgan fingerprint density at radius 3 is 2.93 bits per heavy atom. The van der Waals surface area contributed by atoms with Crippen molar-refractivity contribution in [3.05, 3.63) is 33.3 Å². The largest absolute Gasteiger partial charge is 0.395 e. The molecular weight excluding hydrogens is 277 g/mol. The molecule has 1 aromatic rings. The Kier molecular flexibility index (Phi) is 3.36. The number of hydrogen-bond acceptors (Lipinski definition) is 2. The van der Waals surface area contributed by atoms with Crippen molar-refractivity contribution in [2.24, 2.45) is 0 Å². The summed E-state index contributed by atoms with van der Waals surface area (Å²) in [5, 5.41) is 13.6. The molecule has 2 N–H and O–H groups in total. The van der Waals surface area contributed by atoms with Gasteiger partial charge in [0.15, 0.2) is 0 Å². The highest BCUT2D eigenvalue weighted by Crippen LogP contribution is 2.36. The van der Waals surface area contributed by atoms with Crippen molar-refractivity contribution in [1.29, 1.82) is 0 Å². The summed E-state index contributed by atoms with van der Waals surface area (Å²) in [6.45, 7) is 1.90. The van der Waals surface area contributed by atoms with Gasteiger partial charge in [0.05, 0.1) is 6.61 Å². The summed E-state index contributed by atoms with van der Waals surface area (Å²) in [5.74, 6) is 0. The number of halogens is 2. The molecule has 2 rings (SSSR count). The highest BCUT2D eigenvalue weighted by Gasteiger charge is 2.36. The minimum atomic E-state index is -0.177. The van der Waals surface area contributed by atoms with Crippen LogP contribution in [0.5, 0.6) is 0 Å². The molecule has 1 aromatic carbocycles. The summed E-state index contributed by atoms with van der Waals surface area (Å²) in [5.41, 5.74) is 0.923. The highest BCUT2D eigenvalue weighted by atomic mass is 79.9. The van der Waals surface area contributed by atoms with Crippen LogP contribution in [0.2, 0.25) is 5.02 Å². The average molecular weight is 291 g/mol. The summed E-state index contributed by atoms with van der Waals surface area (Å²) in [6.07, 6.45) is 0.947. The Morgan fingerprint density at radius 2 is 2.33 bits per heavy atom. The molecule has 1 aliphatic rings. The van der Waals surface area contributed by atoms with E-state index in [0.717, 1.165) is 29.5 Å². The quantitative estimate of drug-likeness (QED) is 0.876. The van der Waals surface area contributed by atoms with E-state index < -0.39 is 0 Å². The second-order valence-electron chi connectivity index (χ2n) is 3.99. The molecule has 2 nitrogen and oxygen atoms in total. The van der Waals surface area contributed by atoms with Crippen molar-refractivity contribution < 1.29 is 5.11 Å². The van der Waals surface area contributed by atoms with E-state index in [9.17, 15) is 5.11 Å². The van der Waals surface area contributed by atoms with Crippen molar-refractivity contribution in [2.45, 2.75) is 11.8 Å². The van der Waals surface area contributed by atoms with Crippen LogP contribution in [0.3, 0.4) is 0 Å². The van der Waals surface area contributed by atoms with Crippen LogP contribution in [-0.2, 0) is 5.41 Å². The Bertz CT molecular complexity index is 364. The van der Waals surface area contributed by atoms with Gasteiger partial charge >= 0.3 is 0 Å². The molecule has 1 aliphatic heterocycles. The van der Waals surface area contributed by atoms with Crippen molar-refractivity contribution in [3.63, 3.8) is 0 Å².